The van der Waals surface area contributed by atoms with Gasteiger partial charge in [-0.3, -0.25) is 4.79 Å². The number of anilines is 1. The number of fused-ring (bicyclic) bond motifs is 1. The van der Waals surface area contributed by atoms with Crippen LogP contribution in [0.2, 0.25) is 0 Å². The normalized spacial score (nSPS) is 13.7. The lowest BCUT2D eigenvalue weighted by molar-refractivity contribution is -0.116. The Morgan fingerprint density at radius 3 is 2.87 bits per heavy atom. The Kier molecular flexibility index (Phi) is 7.50. The summed E-state index contributed by atoms with van der Waals surface area (Å²) in [6.07, 6.45) is 0.256. The maximum atomic E-state index is 12.7. The van der Waals surface area contributed by atoms with Crippen LogP contribution in [-0.2, 0) is 22.5 Å². The number of thiophene rings is 1. The van der Waals surface area contributed by atoms with Gasteiger partial charge in [-0.25, -0.2) is 4.79 Å². The molecule has 31 heavy (non-hydrogen) atoms. The third-order valence-electron chi connectivity index (χ3n) is 5.16. The second kappa shape index (κ2) is 10.3. The van der Waals surface area contributed by atoms with Crippen LogP contribution in [0, 0.1) is 11.3 Å². The van der Waals surface area contributed by atoms with Crippen LogP contribution in [0.4, 0.5) is 9.80 Å². The van der Waals surface area contributed by atoms with Gasteiger partial charge in [-0.2, -0.15) is 5.26 Å². The van der Waals surface area contributed by atoms with Crippen LogP contribution >= 0.6 is 11.3 Å². The number of aliphatic hydroxyl groups excluding tert-OH is 1. The summed E-state index contributed by atoms with van der Waals surface area (Å²) in [6.45, 7) is 2.40. The molecule has 9 heteroatoms. The largest absolute Gasteiger partial charge is 0.496 e. The van der Waals surface area contributed by atoms with Crippen molar-refractivity contribution in [3.63, 3.8) is 0 Å². The monoisotopic (exact) mass is 443 g/mol. The van der Waals surface area contributed by atoms with Crippen LogP contribution in [0.3, 0.4) is 0 Å². The van der Waals surface area contributed by atoms with Crippen molar-refractivity contribution in [2.45, 2.75) is 32.2 Å². The zero-order chi connectivity index (χ0) is 22.4. The zero-order valence-electron chi connectivity index (χ0n) is 17.5. The second-order valence-corrected chi connectivity index (χ2v) is 8.33. The van der Waals surface area contributed by atoms with Gasteiger partial charge in [0.05, 0.1) is 25.8 Å². The average molecular weight is 444 g/mol. The molecule has 0 spiro atoms. The smallest absolute Gasteiger partial charge is 0.410 e. The highest BCUT2D eigenvalue weighted by atomic mass is 32.1. The minimum Gasteiger partial charge on any atom is -0.496 e. The van der Waals surface area contributed by atoms with E-state index in [2.05, 4.69) is 11.4 Å². The number of para-hydroxylation sites is 1. The Hall–Kier alpha value is -3.09. The van der Waals surface area contributed by atoms with Crippen molar-refractivity contribution in [2.24, 2.45) is 0 Å². The highest BCUT2D eigenvalue weighted by molar-refractivity contribution is 7.16. The fourth-order valence-electron chi connectivity index (χ4n) is 3.63. The first kappa shape index (κ1) is 22.6. The summed E-state index contributed by atoms with van der Waals surface area (Å²) in [6, 6.07) is 9.79. The van der Waals surface area contributed by atoms with Crippen LogP contribution < -0.4 is 10.1 Å². The van der Waals surface area contributed by atoms with E-state index in [0.717, 1.165) is 21.8 Å². The molecule has 1 aromatic heterocycles. The van der Waals surface area contributed by atoms with E-state index in [9.17, 15) is 14.9 Å². The molecule has 0 radical (unpaired) electrons. The lowest BCUT2D eigenvalue weighted by Gasteiger charge is -2.26. The summed E-state index contributed by atoms with van der Waals surface area (Å²) < 4.78 is 10.4. The van der Waals surface area contributed by atoms with Gasteiger partial charge >= 0.3 is 6.09 Å². The van der Waals surface area contributed by atoms with Crippen molar-refractivity contribution >= 4 is 28.3 Å². The first-order valence-electron chi connectivity index (χ1n) is 9.98. The Morgan fingerprint density at radius 1 is 1.39 bits per heavy atom. The molecular formula is C22H25N3O5S. The van der Waals surface area contributed by atoms with Gasteiger partial charge in [0, 0.05) is 17.8 Å². The lowest BCUT2D eigenvalue weighted by atomic mass is 9.96. The molecular weight excluding hydrogens is 418 g/mol. The van der Waals surface area contributed by atoms with Gasteiger partial charge in [0.25, 0.3) is 0 Å². The molecule has 1 aliphatic rings. The molecule has 1 aliphatic heterocycles. The van der Waals surface area contributed by atoms with E-state index < -0.39 is 6.09 Å². The van der Waals surface area contributed by atoms with Crippen LogP contribution in [-0.4, -0.2) is 48.9 Å². The predicted molar refractivity (Wildman–Crippen MR) is 116 cm³/mol. The van der Waals surface area contributed by atoms with Gasteiger partial charge in [-0.05, 0) is 29.5 Å². The minimum atomic E-state index is -0.497. The molecule has 0 saturated carbocycles. The molecule has 0 fully saturated rings. The molecule has 2 N–H and O–H groups in total. The number of nitrogens with zero attached hydrogens (tertiary/aromatic N) is 2. The molecule has 1 atom stereocenters. The van der Waals surface area contributed by atoms with E-state index in [-0.39, 0.29) is 31.5 Å². The molecule has 1 aromatic carbocycles. The van der Waals surface area contributed by atoms with Gasteiger partial charge in [0.1, 0.15) is 23.4 Å². The summed E-state index contributed by atoms with van der Waals surface area (Å²) in [7, 11) is 1.60. The molecule has 2 aromatic rings. The highest BCUT2D eigenvalue weighted by Crippen LogP contribution is 2.37. The molecule has 0 saturated heterocycles. The van der Waals surface area contributed by atoms with Crippen LogP contribution in [0.15, 0.2) is 24.3 Å². The first-order chi connectivity index (χ1) is 15.0. The number of nitriles is 1. The topological polar surface area (TPSA) is 112 Å². The summed E-state index contributed by atoms with van der Waals surface area (Å²) in [5, 5.41) is 21.9. The van der Waals surface area contributed by atoms with Gasteiger partial charge in [0.15, 0.2) is 0 Å². The Balaban J connectivity index is 1.70. The van der Waals surface area contributed by atoms with Crippen LogP contribution in [0.25, 0.3) is 0 Å². The molecule has 8 nitrogen and oxygen atoms in total. The van der Waals surface area contributed by atoms with Crippen molar-refractivity contribution < 1.29 is 24.2 Å². The molecule has 2 heterocycles. The Morgan fingerprint density at radius 2 is 2.16 bits per heavy atom. The number of rotatable bonds is 7. The van der Waals surface area contributed by atoms with Crippen molar-refractivity contribution in [1.29, 1.82) is 5.26 Å². The fraction of sp³-hybridized carbons (Fsp3) is 0.409. The number of methoxy groups -OCH3 is 1. The van der Waals surface area contributed by atoms with Gasteiger partial charge in [-0.1, -0.05) is 25.1 Å². The van der Waals surface area contributed by atoms with Crippen LogP contribution in [0.5, 0.6) is 5.75 Å². The van der Waals surface area contributed by atoms with E-state index in [1.807, 2.05) is 31.2 Å². The number of carbonyl (C=O) groups excluding carboxylic acids is 2. The summed E-state index contributed by atoms with van der Waals surface area (Å²) in [5.41, 5.74) is 2.27. The first-order valence-corrected chi connectivity index (χ1v) is 10.8. The van der Waals surface area contributed by atoms with E-state index in [1.165, 1.54) is 16.2 Å². The maximum Gasteiger partial charge on any atom is 0.410 e. The molecule has 0 bridgehead atoms. The number of nitrogens with one attached hydrogen (secondary N) is 1. The Labute approximate surface area is 185 Å². The molecule has 0 aliphatic carbocycles. The number of carbonyl (C=O) groups is 2. The summed E-state index contributed by atoms with van der Waals surface area (Å²) >= 11 is 1.31. The summed E-state index contributed by atoms with van der Waals surface area (Å²) in [5.74, 6) is 0.487. The number of hydrogen-bond acceptors (Lipinski definition) is 7. The van der Waals surface area contributed by atoms with Crippen molar-refractivity contribution in [3.8, 4) is 11.8 Å². The van der Waals surface area contributed by atoms with E-state index in [4.69, 9.17) is 14.6 Å². The van der Waals surface area contributed by atoms with E-state index >= 15 is 0 Å². The number of amides is 2. The SMILES string of the molecule is COc1ccccc1[C@@H](C)CC(=O)Nc1sc2c(c1C#N)CCN(C(=O)OCCO)C2. The standard InChI is InChI=1S/C22H25N3O5S/c1-14(15-5-3-4-6-18(15)29-2)11-20(27)24-21-17(12-23)16-7-8-25(13-19(16)31-21)22(28)30-10-9-26/h3-6,14,26H,7-11,13H2,1-2H3,(H,24,27)/t14-/m0/s1. The van der Waals surface area contributed by atoms with E-state index in [0.29, 0.717) is 30.1 Å². The van der Waals surface area contributed by atoms with Crippen molar-refractivity contribution in [3.05, 3.63) is 45.8 Å². The number of hydrogen-bond donors (Lipinski definition) is 2. The number of aliphatic hydroxyl groups is 1. The number of ether oxygens (including phenoxy) is 2. The van der Waals surface area contributed by atoms with Gasteiger partial charge in [-0.15, -0.1) is 11.3 Å². The third kappa shape index (κ3) is 5.16. The molecule has 2 amide bonds. The minimum absolute atomic E-state index is 0.0538. The molecule has 3 rings (SSSR count). The molecule has 0 unspecified atom stereocenters. The quantitative estimate of drug-likeness (QED) is 0.679. The van der Waals surface area contributed by atoms with Gasteiger partial charge < -0.3 is 24.8 Å². The highest BCUT2D eigenvalue weighted by Gasteiger charge is 2.28. The van der Waals surface area contributed by atoms with Crippen molar-refractivity contribution in [1.82, 2.24) is 4.90 Å². The second-order valence-electron chi connectivity index (χ2n) is 7.22. The third-order valence-corrected chi connectivity index (χ3v) is 6.29. The number of benzene rings is 1. The van der Waals surface area contributed by atoms with Crippen molar-refractivity contribution in [2.75, 3.05) is 32.2 Å². The lowest BCUT2D eigenvalue weighted by Crippen LogP contribution is -2.36. The fourth-order valence-corrected chi connectivity index (χ4v) is 4.86. The van der Waals surface area contributed by atoms with Gasteiger partial charge in [0.2, 0.25) is 5.91 Å². The molecule has 164 valence electrons. The summed E-state index contributed by atoms with van der Waals surface area (Å²) in [4.78, 5) is 27.2. The zero-order valence-corrected chi connectivity index (χ0v) is 18.3. The predicted octanol–water partition coefficient (Wildman–Crippen LogP) is 3.25. The van der Waals surface area contributed by atoms with E-state index in [1.54, 1.807) is 7.11 Å². The maximum absolute atomic E-state index is 12.7. The average Bonchev–Trinajstić information content (AvgIpc) is 3.12. The Bertz CT molecular complexity index is 998. The van der Waals surface area contributed by atoms with Crippen LogP contribution in [0.1, 0.15) is 40.8 Å².